The van der Waals surface area contributed by atoms with Crippen LogP contribution in [0.5, 0.6) is 0 Å². The second kappa shape index (κ2) is 9.19. The summed E-state index contributed by atoms with van der Waals surface area (Å²) < 4.78 is 12.4. The highest BCUT2D eigenvalue weighted by Gasteiger charge is 2.19. The Morgan fingerprint density at radius 3 is 2.66 bits per heavy atom. The number of carbonyl (C=O) groups is 2. The van der Waals surface area contributed by atoms with Crippen LogP contribution in [0.4, 0.5) is 0 Å². The first-order valence-corrected chi connectivity index (χ1v) is 10.2. The zero-order chi connectivity index (χ0) is 21.0. The van der Waals surface area contributed by atoms with Crippen molar-refractivity contribution < 1.29 is 19.1 Å². The summed E-state index contributed by atoms with van der Waals surface area (Å²) in [6.45, 7) is 7.43. The highest BCUT2D eigenvalue weighted by molar-refractivity contribution is 7.07. The molecule has 0 spiro atoms. The molecular formula is C19H24N4O5S. The van der Waals surface area contributed by atoms with E-state index in [1.54, 1.807) is 17.9 Å². The molecule has 3 rings (SSSR count). The van der Waals surface area contributed by atoms with Gasteiger partial charge in [-0.25, -0.2) is 4.79 Å². The van der Waals surface area contributed by atoms with Gasteiger partial charge in [-0.2, -0.15) is 5.10 Å². The summed E-state index contributed by atoms with van der Waals surface area (Å²) in [4.78, 5) is 39.4. The third kappa shape index (κ3) is 4.83. The Hall–Kier alpha value is -2.72. The summed E-state index contributed by atoms with van der Waals surface area (Å²) in [5, 5.41) is 7.02. The molecule has 29 heavy (non-hydrogen) atoms. The molecule has 156 valence electrons. The summed E-state index contributed by atoms with van der Waals surface area (Å²) >= 11 is 1.15. The Kier molecular flexibility index (Phi) is 6.65. The smallest absolute Gasteiger partial charge is 0.333 e. The standard InChI is InChI=1S/C19H24N4O5S/c1-4-28-18(25)10-17-23(11-16(24)22-5-7-27-8-6-22)19(26)15(29-17)9-14-12(2)20-21-13(14)3/h9-10H,4-8,11H2,1-3H3,(H,20,21). The number of aryl methyl sites for hydroxylation is 2. The van der Waals surface area contributed by atoms with Crippen LogP contribution < -0.4 is 14.8 Å². The molecule has 1 saturated heterocycles. The van der Waals surface area contributed by atoms with Crippen molar-refractivity contribution in [2.75, 3.05) is 32.9 Å². The number of ether oxygens (including phenoxy) is 2. The molecule has 0 bridgehead atoms. The van der Waals surface area contributed by atoms with Crippen LogP contribution in [-0.2, 0) is 25.6 Å². The molecular weight excluding hydrogens is 396 g/mol. The first-order chi connectivity index (χ1) is 13.9. The van der Waals surface area contributed by atoms with Crippen molar-refractivity contribution in [2.45, 2.75) is 27.3 Å². The zero-order valence-corrected chi connectivity index (χ0v) is 17.5. The van der Waals surface area contributed by atoms with Gasteiger partial charge in [0.25, 0.3) is 5.56 Å². The van der Waals surface area contributed by atoms with Gasteiger partial charge in [0.1, 0.15) is 11.2 Å². The van der Waals surface area contributed by atoms with Crippen molar-refractivity contribution in [3.8, 4) is 0 Å². The van der Waals surface area contributed by atoms with E-state index in [1.165, 1.54) is 10.6 Å². The predicted molar refractivity (Wildman–Crippen MR) is 108 cm³/mol. The Morgan fingerprint density at radius 1 is 1.31 bits per heavy atom. The zero-order valence-electron chi connectivity index (χ0n) is 16.7. The SMILES string of the molecule is CCOC(=O)C=c1sc(=Cc2c(C)n[nH]c2C)c(=O)n1CC(=O)N1CCOCC1. The maximum Gasteiger partial charge on any atom is 0.333 e. The Morgan fingerprint density at radius 2 is 2.03 bits per heavy atom. The second-order valence-corrected chi connectivity index (χ2v) is 7.64. The molecule has 10 heteroatoms. The Balaban J connectivity index is 2.05. The van der Waals surface area contributed by atoms with Crippen LogP contribution in [0.1, 0.15) is 23.9 Å². The largest absolute Gasteiger partial charge is 0.463 e. The number of rotatable bonds is 5. The summed E-state index contributed by atoms with van der Waals surface area (Å²) in [6, 6.07) is 0. The van der Waals surface area contributed by atoms with E-state index in [2.05, 4.69) is 10.2 Å². The van der Waals surface area contributed by atoms with E-state index in [-0.39, 0.29) is 24.6 Å². The van der Waals surface area contributed by atoms with Gasteiger partial charge in [0, 0.05) is 24.3 Å². The fourth-order valence-corrected chi connectivity index (χ4v) is 4.04. The van der Waals surface area contributed by atoms with E-state index in [1.807, 2.05) is 13.8 Å². The van der Waals surface area contributed by atoms with Crippen LogP contribution in [0.15, 0.2) is 4.79 Å². The molecule has 2 aromatic rings. The van der Waals surface area contributed by atoms with E-state index in [0.717, 1.165) is 28.3 Å². The van der Waals surface area contributed by atoms with Crippen LogP contribution in [-0.4, -0.2) is 64.5 Å². The van der Waals surface area contributed by atoms with Gasteiger partial charge in [-0.3, -0.25) is 19.3 Å². The summed E-state index contributed by atoms with van der Waals surface area (Å²) in [5.74, 6) is -0.738. The van der Waals surface area contributed by atoms with Gasteiger partial charge >= 0.3 is 5.97 Å². The molecule has 1 aliphatic rings. The van der Waals surface area contributed by atoms with Gasteiger partial charge in [0.05, 0.1) is 36.1 Å². The fourth-order valence-electron chi connectivity index (χ4n) is 3.03. The van der Waals surface area contributed by atoms with Crippen LogP contribution in [0.25, 0.3) is 12.2 Å². The lowest BCUT2D eigenvalue weighted by atomic mass is 10.2. The molecule has 1 amide bonds. The number of H-pyrrole nitrogens is 1. The monoisotopic (exact) mass is 420 g/mol. The van der Waals surface area contributed by atoms with Crippen molar-refractivity contribution in [2.24, 2.45) is 0 Å². The molecule has 0 atom stereocenters. The molecule has 0 radical (unpaired) electrons. The molecule has 0 aliphatic carbocycles. The minimum absolute atomic E-state index is 0.141. The summed E-state index contributed by atoms with van der Waals surface area (Å²) in [7, 11) is 0. The van der Waals surface area contributed by atoms with Gasteiger partial charge in [-0.1, -0.05) is 0 Å². The highest BCUT2D eigenvalue weighted by Crippen LogP contribution is 2.09. The lowest BCUT2D eigenvalue weighted by Crippen LogP contribution is -2.45. The molecule has 0 aromatic carbocycles. The van der Waals surface area contributed by atoms with Gasteiger partial charge in [0.15, 0.2) is 0 Å². The number of aromatic nitrogens is 3. The van der Waals surface area contributed by atoms with Crippen molar-refractivity contribution in [1.82, 2.24) is 19.7 Å². The quantitative estimate of drug-likeness (QED) is 0.640. The third-order valence-electron chi connectivity index (χ3n) is 4.58. The number of amides is 1. The number of thiazole rings is 1. The lowest BCUT2D eigenvalue weighted by molar-refractivity contribution is -0.136. The number of nitrogens with one attached hydrogen (secondary N) is 1. The van der Waals surface area contributed by atoms with Gasteiger partial charge < -0.3 is 14.4 Å². The normalized spacial score (nSPS) is 15.8. The molecule has 0 unspecified atom stereocenters. The lowest BCUT2D eigenvalue weighted by Gasteiger charge is -2.26. The molecule has 1 N–H and O–H groups in total. The van der Waals surface area contributed by atoms with Crippen LogP contribution in [0, 0.1) is 13.8 Å². The number of hydrogen-bond donors (Lipinski definition) is 1. The summed E-state index contributed by atoms with van der Waals surface area (Å²) in [6.07, 6.45) is 2.99. The van der Waals surface area contributed by atoms with Gasteiger partial charge in [-0.05, 0) is 26.8 Å². The average molecular weight is 420 g/mol. The van der Waals surface area contributed by atoms with Crippen molar-refractivity contribution in [3.05, 3.63) is 36.5 Å². The molecule has 9 nitrogen and oxygen atoms in total. The maximum atomic E-state index is 13.0. The molecule has 1 aliphatic heterocycles. The van der Waals surface area contributed by atoms with Gasteiger partial charge in [0.2, 0.25) is 5.91 Å². The molecule has 2 aromatic heterocycles. The number of nitrogens with zero attached hydrogens (tertiary/aromatic N) is 3. The van der Waals surface area contributed by atoms with Crippen molar-refractivity contribution in [1.29, 1.82) is 0 Å². The molecule has 3 heterocycles. The van der Waals surface area contributed by atoms with E-state index in [4.69, 9.17) is 9.47 Å². The molecule has 1 fully saturated rings. The van der Waals surface area contributed by atoms with Crippen molar-refractivity contribution in [3.63, 3.8) is 0 Å². The number of hydrogen-bond acceptors (Lipinski definition) is 7. The van der Waals surface area contributed by atoms with Crippen LogP contribution in [0.2, 0.25) is 0 Å². The minimum Gasteiger partial charge on any atom is -0.463 e. The number of carbonyl (C=O) groups excluding carboxylic acids is 2. The van der Waals surface area contributed by atoms with Gasteiger partial charge in [-0.15, -0.1) is 11.3 Å². The average Bonchev–Trinajstić information content (AvgIpc) is 3.17. The Labute approximate surface area is 171 Å². The maximum absolute atomic E-state index is 13.0. The van der Waals surface area contributed by atoms with Crippen LogP contribution >= 0.6 is 11.3 Å². The summed E-state index contributed by atoms with van der Waals surface area (Å²) in [5.41, 5.74) is 2.09. The number of morpholine rings is 1. The van der Waals surface area contributed by atoms with E-state index < -0.39 is 5.97 Å². The van der Waals surface area contributed by atoms with E-state index >= 15 is 0 Å². The van der Waals surface area contributed by atoms with Crippen molar-refractivity contribution >= 4 is 35.4 Å². The topological polar surface area (TPSA) is 107 Å². The minimum atomic E-state index is -0.552. The first kappa shape index (κ1) is 21.0. The van der Waals surface area contributed by atoms with Crippen LogP contribution in [0.3, 0.4) is 0 Å². The fraction of sp³-hybridized carbons (Fsp3) is 0.474. The van der Waals surface area contributed by atoms with E-state index in [9.17, 15) is 14.4 Å². The highest BCUT2D eigenvalue weighted by atomic mass is 32.1. The Bertz CT molecular complexity index is 1060. The second-order valence-electron chi connectivity index (χ2n) is 6.58. The molecule has 0 saturated carbocycles. The van der Waals surface area contributed by atoms with E-state index in [0.29, 0.717) is 35.5 Å². The first-order valence-electron chi connectivity index (χ1n) is 9.37. The number of aromatic amines is 1. The third-order valence-corrected chi connectivity index (χ3v) is 5.64. The predicted octanol–water partition coefficient (Wildman–Crippen LogP) is -0.719. The number of esters is 1.